The zero-order valence-electron chi connectivity index (χ0n) is 12.7. The molecule has 0 fully saturated rings. The molecule has 0 saturated heterocycles. The SMILES string of the molecule is CN(C)C(CNc1ccc([N+](=O)[O-])cc1F)c1cnn(C)c1. The highest BCUT2D eigenvalue weighted by molar-refractivity contribution is 5.50. The Morgan fingerprint density at radius 2 is 2.23 bits per heavy atom. The minimum Gasteiger partial charge on any atom is -0.381 e. The Hall–Kier alpha value is -2.48. The fourth-order valence-electron chi connectivity index (χ4n) is 2.18. The van der Waals surface area contributed by atoms with Crippen LogP contribution in [0.3, 0.4) is 0 Å². The molecular weight excluding hydrogens is 289 g/mol. The van der Waals surface area contributed by atoms with E-state index in [2.05, 4.69) is 10.4 Å². The smallest absolute Gasteiger partial charge is 0.272 e. The van der Waals surface area contributed by atoms with Gasteiger partial charge >= 0.3 is 0 Å². The van der Waals surface area contributed by atoms with Gasteiger partial charge in [-0.3, -0.25) is 14.8 Å². The van der Waals surface area contributed by atoms with Gasteiger partial charge in [-0.15, -0.1) is 0 Å². The average Bonchev–Trinajstić information content (AvgIpc) is 2.86. The van der Waals surface area contributed by atoms with E-state index in [-0.39, 0.29) is 17.4 Å². The summed E-state index contributed by atoms with van der Waals surface area (Å²) in [6.07, 6.45) is 3.66. The van der Waals surface area contributed by atoms with Gasteiger partial charge in [0.25, 0.3) is 5.69 Å². The normalized spacial score (nSPS) is 12.4. The first-order valence-corrected chi connectivity index (χ1v) is 6.71. The van der Waals surface area contributed by atoms with Crippen molar-refractivity contribution in [2.24, 2.45) is 7.05 Å². The van der Waals surface area contributed by atoms with E-state index in [9.17, 15) is 14.5 Å². The first-order chi connectivity index (χ1) is 10.4. The maximum Gasteiger partial charge on any atom is 0.272 e. The molecule has 2 rings (SSSR count). The number of halogens is 1. The maximum atomic E-state index is 13.9. The van der Waals surface area contributed by atoms with Crippen molar-refractivity contribution in [1.29, 1.82) is 0 Å². The quantitative estimate of drug-likeness (QED) is 0.654. The standard InChI is InChI=1S/C14H18FN5O2/c1-18(2)14(10-7-17-19(3)9-10)8-16-13-5-4-11(20(21)22)6-12(13)15/h4-7,9,14,16H,8H2,1-3H3. The molecule has 0 saturated carbocycles. The van der Waals surface area contributed by atoms with Crippen LogP contribution in [0.25, 0.3) is 0 Å². The molecule has 1 atom stereocenters. The Kier molecular flexibility index (Phi) is 4.71. The predicted octanol–water partition coefficient (Wildman–Crippen LogP) is 2.18. The third-order valence-corrected chi connectivity index (χ3v) is 3.38. The topological polar surface area (TPSA) is 76.2 Å². The summed E-state index contributed by atoms with van der Waals surface area (Å²) in [5.41, 5.74) is 0.975. The molecule has 0 aliphatic carbocycles. The molecule has 8 heteroatoms. The van der Waals surface area contributed by atoms with Crippen LogP contribution in [0.2, 0.25) is 0 Å². The van der Waals surface area contributed by atoms with Crippen molar-refractivity contribution in [3.63, 3.8) is 0 Å². The molecule has 1 heterocycles. The summed E-state index contributed by atoms with van der Waals surface area (Å²) >= 11 is 0. The number of benzene rings is 1. The molecule has 1 N–H and O–H groups in total. The average molecular weight is 307 g/mol. The van der Waals surface area contributed by atoms with Gasteiger partial charge in [-0.2, -0.15) is 5.10 Å². The maximum absolute atomic E-state index is 13.9. The molecule has 0 amide bonds. The van der Waals surface area contributed by atoms with Crippen LogP contribution in [0.15, 0.2) is 30.6 Å². The van der Waals surface area contributed by atoms with Gasteiger partial charge in [0.1, 0.15) is 0 Å². The van der Waals surface area contributed by atoms with Crippen LogP contribution < -0.4 is 5.32 Å². The molecule has 1 aromatic heterocycles. The van der Waals surface area contributed by atoms with E-state index in [1.165, 1.54) is 12.1 Å². The van der Waals surface area contributed by atoms with Crippen LogP contribution in [0.4, 0.5) is 15.8 Å². The van der Waals surface area contributed by atoms with E-state index in [0.29, 0.717) is 6.54 Å². The summed E-state index contributed by atoms with van der Waals surface area (Å²) in [6.45, 7) is 0.452. The summed E-state index contributed by atoms with van der Waals surface area (Å²) in [4.78, 5) is 12.0. The van der Waals surface area contributed by atoms with E-state index in [1.54, 1.807) is 10.9 Å². The predicted molar refractivity (Wildman–Crippen MR) is 81.2 cm³/mol. The minimum atomic E-state index is -0.641. The second-order valence-electron chi connectivity index (χ2n) is 5.23. The lowest BCUT2D eigenvalue weighted by molar-refractivity contribution is -0.385. The highest BCUT2D eigenvalue weighted by Crippen LogP contribution is 2.23. The Morgan fingerprint density at radius 3 is 2.73 bits per heavy atom. The fraction of sp³-hybridized carbons (Fsp3) is 0.357. The number of rotatable bonds is 6. The summed E-state index contributed by atoms with van der Waals surface area (Å²) < 4.78 is 15.6. The molecule has 0 aliphatic heterocycles. The van der Waals surface area contributed by atoms with Crippen molar-refractivity contribution in [3.8, 4) is 0 Å². The molecule has 118 valence electrons. The number of nitro benzene ring substituents is 1. The minimum absolute atomic E-state index is 0.00305. The summed E-state index contributed by atoms with van der Waals surface area (Å²) in [5, 5.41) is 17.7. The molecule has 0 aliphatic rings. The molecular formula is C14H18FN5O2. The lowest BCUT2D eigenvalue weighted by atomic mass is 10.1. The van der Waals surface area contributed by atoms with Gasteiger partial charge in [0, 0.05) is 31.4 Å². The molecule has 0 bridgehead atoms. The second-order valence-corrected chi connectivity index (χ2v) is 5.23. The number of hydrogen-bond acceptors (Lipinski definition) is 5. The van der Waals surface area contributed by atoms with Crippen LogP contribution in [-0.4, -0.2) is 40.2 Å². The summed E-state index contributed by atoms with van der Waals surface area (Å²) in [5.74, 6) is -0.641. The van der Waals surface area contributed by atoms with Crippen molar-refractivity contribution in [2.45, 2.75) is 6.04 Å². The third-order valence-electron chi connectivity index (χ3n) is 3.38. The van der Waals surface area contributed by atoms with E-state index >= 15 is 0 Å². The van der Waals surface area contributed by atoms with Gasteiger partial charge in [-0.05, 0) is 20.2 Å². The van der Waals surface area contributed by atoms with Gasteiger partial charge in [0.05, 0.1) is 28.9 Å². The zero-order chi connectivity index (χ0) is 16.3. The van der Waals surface area contributed by atoms with Crippen LogP contribution in [0.5, 0.6) is 0 Å². The first kappa shape index (κ1) is 15.9. The van der Waals surface area contributed by atoms with Crippen LogP contribution in [0.1, 0.15) is 11.6 Å². The number of hydrogen-bond donors (Lipinski definition) is 1. The Morgan fingerprint density at radius 1 is 1.50 bits per heavy atom. The number of non-ortho nitro benzene ring substituents is 1. The van der Waals surface area contributed by atoms with Gasteiger partial charge < -0.3 is 10.2 Å². The molecule has 2 aromatic rings. The number of anilines is 1. The zero-order valence-corrected chi connectivity index (χ0v) is 12.7. The number of nitro groups is 1. The third kappa shape index (κ3) is 3.59. The molecule has 22 heavy (non-hydrogen) atoms. The van der Waals surface area contributed by atoms with Gasteiger partial charge in [0.15, 0.2) is 5.82 Å². The van der Waals surface area contributed by atoms with Crippen molar-refractivity contribution in [1.82, 2.24) is 14.7 Å². The molecule has 1 aromatic carbocycles. The monoisotopic (exact) mass is 307 g/mol. The fourth-order valence-corrected chi connectivity index (χ4v) is 2.18. The Bertz CT molecular complexity index is 671. The number of aromatic nitrogens is 2. The van der Waals surface area contributed by atoms with Crippen molar-refractivity contribution >= 4 is 11.4 Å². The number of nitrogens with one attached hydrogen (secondary N) is 1. The van der Waals surface area contributed by atoms with E-state index in [4.69, 9.17) is 0 Å². The number of likely N-dealkylation sites (N-methyl/N-ethyl adjacent to an activating group) is 1. The summed E-state index contributed by atoms with van der Waals surface area (Å²) in [7, 11) is 5.68. The van der Waals surface area contributed by atoms with Gasteiger partial charge in [-0.1, -0.05) is 0 Å². The lowest BCUT2D eigenvalue weighted by Crippen LogP contribution is -2.26. The van der Waals surface area contributed by atoms with Crippen molar-refractivity contribution in [3.05, 3.63) is 52.1 Å². The van der Waals surface area contributed by atoms with E-state index in [1.807, 2.05) is 32.2 Å². The van der Waals surface area contributed by atoms with Crippen LogP contribution in [-0.2, 0) is 7.05 Å². The molecule has 0 spiro atoms. The lowest BCUT2D eigenvalue weighted by Gasteiger charge is -2.24. The van der Waals surface area contributed by atoms with E-state index in [0.717, 1.165) is 11.6 Å². The largest absolute Gasteiger partial charge is 0.381 e. The van der Waals surface area contributed by atoms with Crippen LogP contribution in [0, 0.1) is 15.9 Å². The van der Waals surface area contributed by atoms with Gasteiger partial charge in [0.2, 0.25) is 0 Å². The van der Waals surface area contributed by atoms with Crippen molar-refractivity contribution in [2.75, 3.05) is 26.0 Å². The van der Waals surface area contributed by atoms with E-state index < -0.39 is 10.7 Å². The second kappa shape index (κ2) is 6.52. The Balaban J connectivity index is 2.11. The highest BCUT2D eigenvalue weighted by Gasteiger charge is 2.17. The van der Waals surface area contributed by atoms with Crippen LogP contribution >= 0.6 is 0 Å². The molecule has 1 unspecified atom stereocenters. The molecule has 0 radical (unpaired) electrons. The Labute approximate surface area is 127 Å². The number of aryl methyl sites for hydroxylation is 1. The first-order valence-electron chi connectivity index (χ1n) is 6.71. The van der Waals surface area contributed by atoms with Crippen molar-refractivity contribution < 1.29 is 9.31 Å². The molecule has 7 nitrogen and oxygen atoms in total. The summed E-state index contributed by atoms with van der Waals surface area (Å²) in [6, 6.07) is 3.57. The highest BCUT2D eigenvalue weighted by atomic mass is 19.1. The van der Waals surface area contributed by atoms with Gasteiger partial charge in [-0.25, -0.2) is 4.39 Å². The number of nitrogens with zero attached hydrogens (tertiary/aromatic N) is 4.